The fourth-order valence-electron chi connectivity index (χ4n) is 2.51. The summed E-state index contributed by atoms with van der Waals surface area (Å²) in [6.45, 7) is 2.13. The molecule has 0 unspecified atom stereocenters. The van der Waals surface area contributed by atoms with Crippen LogP contribution in [-0.2, 0) is 19.6 Å². The molecule has 1 aromatic rings. The number of aryl methyl sites for hydroxylation is 1. The van der Waals surface area contributed by atoms with Gasteiger partial charge in [-0.15, -0.1) is 0 Å². The molecule has 124 valence electrons. The topological polar surface area (TPSA) is 115 Å². The van der Waals surface area contributed by atoms with Gasteiger partial charge in [0.05, 0.1) is 18.2 Å². The normalized spacial score (nSPS) is 23.4. The second-order valence-corrected chi connectivity index (χ2v) is 7.29. The molecule has 1 aliphatic heterocycles. The van der Waals surface area contributed by atoms with E-state index < -0.39 is 16.1 Å². The maximum absolute atomic E-state index is 11.8. The summed E-state index contributed by atoms with van der Waals surface area (Å²) in [4.78, 5) is 16.0. The van der Waals surface area contributed by atoms with Crippen molar-refractivity contribution in [2.24, 2.45) is 0 Å². The van der Waals surface area contributed by atoms with E-state index >= 15 is 0 Å². The van der Waals surface area contributed by atoms with Crippen LogP contribution in [0.5, 0.6) is 0 Å². The van der Waals surface area contributed by atoms with Gasteiger partial charge in [-0.1, -0.05) is 5.16 Å². The average molecular weight is 332 g/mol. The second kappa shape index (κ2) is 6.71. The van der Waals surface area contributed by atoms with Crippen LogP contribution in [0.15, 0.2) is 4.52 Å². The summed E-state index contributed by atoms with van der Waals surface area (Å²) in [7, 11) is -1.90. The number of nitrogens with one attached hydrogen (secondary N) is 1. The maximum Gasteiger partial charge on any atom is 0.246 e. The molecule has 0 spiro atoms. The zero-order valence-electron chi connectivity index (χ0n) is 12.8. The summed E-state index contributed by atoms with van der Waals surface area (Å²) in [5, 5.41) is 6.54. The first-order valence-electron chi connectivity index (χ1n) is 6.85. The molecule has 0 saturated carbocycles. The Bertz CT molecular complexity index is 629. The van der Waals surface area contributed by atoms with Gasteiger partial charge < -0.3 is 14.6 Å². The zero-order chi connectivity index (χ0) is 16.3. The molecule has 1 N–H and O–H groups in total. The number of sulfonamides is 1. The first-order chi connectivity index (χ1) is 10.3. The number of rotatable bonds is 5. The van der Waals surface area contributed by atoms with Gasteiger partial charge in [0.15, 0.2) is 5.82 Å². The van der Waals surface area contributed by atoms with Crippen LogP contribution in [0, 0.1) is 6.92 Å². The Balaban J connectivity index is 2.19. The number of nitrogens with zero attached hydrogens (tertiary/aromatic N) is 3. The van der Waals surface area contributed by atoms with Crippen LogP contribution in [0.3, 0.4) is 0 Å². The van der Waals surface area contributed by atoms with Crippen LogP contribution in [0.4, 0.5) is 0 Å². The number of carbonyl (C=O) groups excluding carboxylic acids is 1. The van der Waals surface area contributed by atoms with Gasteiger partial charge in [-0.25, -0.2) is 12.7 Å². The van der Waals surface area contributed by atoms with Crippen LogP contribution in [-0.4, -0.2) is 67.9 Å². The molecule has 0 bridgehead atoms. The molecule has 1 saturated heterocycles. The van der Waals surface area contributed by atoms with Crippen molar-refractivity contribution < 1.29 is 22.5 Å². The zero-order valence-corrected chi connectivity index (χ0v) is 13.6. The molecule has 0 radical (unpaired) electrons. The quantitative estimate of drug-likeness (QED) is 0.755. The molecule has 2 rings (SSSR count). The Kier molecular flexibility index (Phi) is 5.14. The predicted octanol–water partition coefficient (Wildman–Crippen LogP) is -0.742. The van der Waals surface area contributed by atoms with Crippen LogP contribution in [0.1, 0.15) is 24.1 Å². The Labute approximate surface area is 129 Å². The maximum atomic E-state index is 11.8. The number of aromatic nitrogens is 2. The van der Waals surface area contributed by atoms with E-state index in [0.29, 0.717) is 24.7 Å². The van der Waals surface area contributed by atoms with Crippen molar-refractivity contribution in [3.05, 3.63) is 11.7 Å². The lowest BCUT2D eigenvalue weighted by atomic mass is 9.92. The SMILES string of the molecule is COCC(=O)N[C@@H]1CN(S(C)(=O)=O)CC[C@@H]1c1nc(C)no1. The van der Waals surface area contributed by atoms with Gasteiger partial charge in [0, 0.05) is 20.2 Å². The second-order valence-electron chi connectivity index (χ2n) is 5.30. The van der Waals surface area contributed by atoms with Gasteiger partial charge in [0.1, 0.15) is 6.61 Å². The Morgan fingerprint density at radius 2 is 2.27 bits per heavy atom. The number of ether oxygens (including phenoxy) is 1. The first kappa shape index (κ1) is 16.8. The Morgan fingerprint density at radius 3 is 2.82 bits per heavy atom. The Morgan fingerprint density at radius 1 is 1.55 bits per heavy atom. The van der Waals surface area contributed by atoms with Gasteiger partial charge in [-0.2, -0.15) is 4.98 Å². The van der Waals surface area contributed by atoms with E-state index in [9.17, 15) is 13.2 Å². The van der Waals surface area contributed by atoms with Gasteiger partial charge in [0.25, 0.3) is 0 Å². The van der Waals surface area contributed by atoms with Crippen LogP contribution >= 0.6 is 0 Å². The number of methoxy groups -OCH3 is 1. The van der Waals surface area contributed by atoms with Crippen LogP contribution in [0.2, 0.25) is 0 Å². The highest BCUT2D eigenvalue weighted by Gasteiger charge is 2.37. The standard InChI is InChI=1S/C12H20N4O5S/c1-8-13-12(21-15-8)9-4-5-16(22(3,18)19)6-10(9)14-11(17)7-20-2/h9-10H,4-7H2,1-3H3,(H,14,17)/t9-,10+/m0/s1. The minimum absolute atomic E-state index is 0.0923. The highest BCUT2D eigenvalue weighted by molar-refractivity contribution is 7.88. The molecule has 2 atom stereocenters. The fourth-order valence-corrected chi connectivity index (χ4v) is 3.38. The number of amides is 1. The van der Waals surface area contributed by atoms with Crippen molar-refractivity contribution in [3.63, 3.8) is 0 Å². The predicted molar refractivity (Wildman–Crippen MR) is 76.6 cm³/mol. The Hall–Kier alpha value is -1.52. The third-order valence-electron chi connectivity index (χ3n) is 3.53. The van der Waals surface area contributed by atoms with E-state index in [4.69, 9.17) is 9.26 Å². The van der Waals surface area contributed by atoms with Gasteiger partial charge in [0.2, 0.25) is 21.8 Å². The van der Waals surface area contributed by atoms with E-state index in [0.717, 1.165) is 6.26 Å². The minimum atomic E-state index is -3.32. The lowest BCUT2D eigenvalue weighted by Crippen LogP contribution is -2.53. The van der Waals surface area contributed by atoms with E-state index in [1.165, 1.54) is 11.4 Å². The van der Waals surface area contributed by atoms with Crippen LogP contribution in [0.25, 0.3) is 0 Å². The van der Waals surface area contributed by atoms with Crippen molar-refractivity contribution in [2.45, 2.75) is 25.3 Å². The molecule has 1 amide bonds. The highest BCUT2D eigenvalue weighted by atomic mass is 32.2. The van der Waals surface area contributed by atoms with Gasteiger partial charge >= 0.3 is 0 Å². The smallest absolute Gasteiger partial charge is 0.246 e. The number of hydrogen-bond donors (Lipinski definition) is 1. The molecular formula is C12H20N4O5S. The van der Waals surface area contributed by atoms with Crippen molar-refractivity contribution in [1.29, 1.82) is 0 Å². The van der Waals surface area contributed by atoms with Gasteiger partial charge in [-0.05, 0) is 13.3 Å². The molecule has 0 aromatic carbocycles. The van der Waals surface area contributed by atoms with Crippen molar-refractivity contribution >= 4 is 15.9 Å². The molecule has 1 aliphatic rings. The molecule has 22 heavy (non-hydrogen) atoms. The van der Waals surface area contributed by atoms with Crippen LogP contribution < -0.4 is 5.32 Å². The number of carbonyl (C=O) groups is 1. The molecule has 10 heteroatoms. The highest BCUT2D eigenvalue weighted by Crippen LogP contribution is 2.28. The molecule has 1 aromatic heterocycles. The van der Waals surface area contributed by atoms with E-state index in [1.807, 2.05) is 0 Å². The lowest BCUT2D eigenvalue weighted by Gasteiger charge is -2.35. The summed E-state index contributed by atoms with van der Waals surface area (Å²) in [5.74, 6) is 0.375. The van der Waals surface area contributed by atoms with Gasteiger partial charge in [-0.3, -0.25) is 4.79 Å². The van der Waals surface area contributed by atoms with Crippen molar-refractivity contribution in [3.8, 4) is 0 Å². The molecule has 2 heterocycles. The van der Waals surface area contributed by atoms with Crippen molar-refractivity contribution in [2.75, 3.05) is 33.1 Å². The first-order valence-corrected chi connectivity index (χ1v) is 8.69. The fraction of sp³-hybridized carbons (Fsp3) is 0.750. The minimum Gasteiger partial charge on any atom is -0.375 e. The lowest BCUT2D eigenvalue weighted by molar-refractivity contribution is -0.125. The number of hydrogen-bond acceptors (Lipinski definition) is 7. The summed E-state index contributed by atoms with van der Waals surface area (Å²) in [6.07, 6.45) is 1.64. The van der Waals surface area contributed by atoms with E-state index in [2.05, 4.69) is 15.5 Å². The summed E-state index contributed by atoms with van der Waals surface area (Å²) in [5.41, 5.74) is 0. The monoisotopic (exact) mass is 332 g/mol. The molecule has 0 aliphatic carbocycles. The van der Waals surface area contributed by atoms with E-state index in [1.54, 1.807) is 6.92 Å². The molecule has 9 nitrogen and oxygen atoms in total. The molecular weight excluding hydrogens is 312 g/mol. The van der Waals surface area contributed by atoms with E-state index in [-0.39, 0.29) is 25.0 Å². The third-order valence-corrected chi connectivity index (χ3v) is 4.80. The molecule has 1 fully saturated rings. The largest absolute Gasteiger partial charge is 0.375 e. The third kappa shape index (κ3) is 4.02. The van der Waals surface area contributed by atoms with Crippen molar-refractivity contribution in [1.82, 2.24) is 19.8 Å². The summed E-state index contributed by atoms with van der Waals surface area (Å²) >= 11 is 0. The average Bonchev–Trinajstić information content (AvgIpc) is 2.84. The summed E-state index contributed by atoms with van der Waals surface area (Å²) < 4.78 is 34.8. The number of piperidine rings is 1. The summed E-state index contributed by atoms with van der Waals surface area (Å²) in [6, 6.07) is -0.439.